The maximum atomic E-state index is 13.2. The summed E-state index contributed by atoms with van der Waals surface area (Å²) in [5.41, 5.74) is 4.72. The largest absolute Gasteiger partial charge is 0.455 e. The van der Waals surface area contributed by atoms with Crippen LogP contribution in [0.1, 0.15) is 23.5 Å². The van der Waals surface area contributed by atoms with Gasteiger partial charge in [-0.3, -0.25) is 29.6 Å². The molecule has 4 rings (SSSR count). The second kappa shape index (κ2) is 11.5. The van der Waals surface area contributed by atoms with Crippen molar-refractivity contribution in [3.05, 3.63) is 101 Å². The van der Waals surface area contributed by atoms with E-state index < -0.39 is 42.1 Å². The number of halogens is 1. The summed E-state index contributed by atoms with van der Waals surface area (Å²) in [7, 11) is 0. The SMILES string of the molecule is O=C(COC(=O)[C@@H]1CC(=O)N(NC(=O)C(c2ccccc2)c2ccccc2)C1)Nc1ccc(Cl)cc1. The Morgan fingerprint density at radius 3 is 2.08 bits per heavy atom. The lowest BCUT2D eigenvalue weighted by Gasteiger charge is -2.23. The molecule has 36 heavy (non-hydrogen) atoms. The fourth-order valence-electron chi connectivity index (χ4n) is 3.94. The van der Waals surface area contributed by atoms with Gasteiger partial charge < -0.3 is 10.1 Å². The average molecular weight is 506 g/mol. The lowest BCUT2D eigenvalue weighted by atomic mass is 9.91. The first kappa shape index (κ1) is 24.9. The zero-order chi connectivity index (χ0) is 25.5. The molecule has 0 bridgehead atoms. The molecule has 2 N–H and O–H groups in total. The molecule has 1 aliphatic heterocycles. The molecule has 3 aromatic carbocycles. The number of ether oxygens (including phenoxy) is 1. The number of nitrogens with zero attached hydrogens (tertiary/aromatic N) is 1. The van der Waals surface area contributed by atoms with Crippen LogP contribution in [0.25, 0.3) is 0 Å². The Bertz CT molecular complexity index is 1200. The third kappa shape index (κ3) is 6.28. The highest BCUT2D eigenvalue weighted by molar-refractivity contribution is 6.30. The topological polar surface area (TPSA) is 105 Å². The summed E-state index contributed by atoms with van der Waals surface area (Å²) >= 11 is 5.82. The standard InChI is InChI=1S/C27H24ClN3O5/c28-21-11-13-22(14-12-21)29-23(32)17-36-27(35)20-15-24(33)31(16-20)30-26(34)25(18-7-3-1-4-8-18)19-9-5-2-6-10-19/h1-14,20,25H,15-17H2,(H,29,32)(H,30,34)/t20-/m1/s1. The van der Waals surface area contributed by atoms with Gasteiger partial charge >= 0.3 is 5.97 Å². The first-order chi connectivity index (χ1) is 17.4. The number of hydrogen-bond donors (Lipinski definition) is 2. The summed E-state index contributed by atoms with van der Waals surface area (Å²) in [5.74, 6) is -3.44. The maximum absolute atomic E-state index is 13.2. The number of esters is 1. The molecular weight excluding hydrogens is 482 g/mol. The third-order valence-electron chi connectivity index (χ3n) is 5.71. The number of hydrazine groups is 1. The van der Waals surface area contributed by atoms with Crippen molar-refractivity contribution in [2.24, 2.45) is 5.92 Å². The van der Waals surface area contributed by atoms with Crippen LogP contribution in [0.4, 0.5) is 5.69 Å². The number of benzene rings is 3. The van der Waals surface area contributed by atoms with Crippen molar-refractivity contribution in [3.63, 3.8) is 0 Å². The van der Waals surface area contributed by atoms with Crippen LogP contribution >= 0.6 is 11.6 Å². The molecule has 0 radical (unpaired) electrons. The minimum absolute atomic E-state index is 0.0431. The van der Waals surface area contributed by atoms with Gasteiger partial charge in [0.05, 0.1) is 18.4 Å². The molecule has 0 aromatic heterocycles. The summed E-state index contributed by atoms with van der Waals surface area (Å²) in [4.78, 5) is 50.4. The minimum Gasteiger partial charge on any atom is -0.455 e. The average Bonchev–Trinajstić information content (AvgIpc) is 3.25. The Kier molecular flexibility index (Phi) is 7.97. The van der Waals surface area contributed by atoms with Crippen molar-refractivity contribution in [1.29, 1.82) is 0 Å². The number of carbonyl (C=O) groups excluding carboxylic acids is 4. The highest BCUT2D eigenvalue weighted by Crippen LogP contribution is 2.26. The second-order valence-electron chi connectivity index (χ2n) is 8.30. The predicted octanol–water partition coefficient (Wildman–Crippen LogP) is 3.53. The van der Waals surface area contributed by atoms with Gasteiger partial charge in [-0.25, -0.2) is 0 Å². The van der Waals surface area contributed by atoms with Gasteiger partial charge in [-0.1, -0.05) is 72.3 Å². The number of rotatable bonds is 8. The third-order valence-corrected chi connectivity index (χ3v) is 5.96. The van der Waals surface area contributed by atoms with E-state index in [0.717, 1.165) is 16.1 Å². The first-order valence-corrected chi connectivity index (χ1v) is 11.7. The Labute approximate surface area is 213 Å². The number of nitrogens with one attached hydrogen (secondary N) is 2. The van der Waals surface area contributed by atoms with Crippen LogP contribution in [0, 0.1) is 5.92 Å². The van der Waals surface area contributed by atoms with Crippen LogP contribution < -0.4 is 10.7 Å². The molecule has 9 heteroatoms. The van der Waals surface area contributed by atoms with Crippen LogP contribution in [-0.2, 0) is 23.9 Å². The van der Waals surface area contributed by atoms with E-state index >= 15 is 0 Å². The van der Waals surface area contributed by atoms with E-state index in [0.29, 0.717) is 10.7 Å². The van der Waals surface area contributed by atoms with Crippen molar-refractivity contribution in [2.75, 3.05) is 18.5 Å². The highest BCUT2D eigenvalue weighted by atomic mass is 35.5. The maximum Gasteiger partial charge on any atom is 0.311 e. The Hall–Kier alpha value is -4.17. The van der Waals surface area contributed by atoms with Crippen LogP contribution in [0.3, 0.4) is 0 Å². The molecule has 1 saturated heterocycles. The van der Waals surface area contributed by atoms with E-state index in [4.69, 9.17) is 16.3 Å². The van der Waals surface area contributed by atoms with Crippen LogP contribution in [0.5, 0.6) is 0 Å². The number of amides is 3. The Balaban J connectivity index is 1.34. The molecule has 184 valence electrons. The highest BCUT2D eigenvalue weighted by Gasteiger charge is 2.37. The molecule has 0 spiro atoms. The van der Waals surface area contributed by atoms with Crippen molar-refractivity contribution in [2.45, 2.75) is 12.3 Å². The molecule has 1 heterocycles. The summed E-state index contributed by atoms with van der Waals surface area (Å²) < 4.78 is 5.10. The predicted molar refractivity (Wildman–Crippen MR) is 134 cm³/mol. The summed E-state index contributed by atoms with van der Waals surface area (Å²) in [6.07, 6.45) is -0.126. The fourth-order valence-corrected chi connectivity index (χ4v) is 4.07. The fraction of sp³-hybridized carbons (Fsp3) is 0.185. The molecule has 0 unspecified atom stereocenters. The summed E-state index contributed by atoms with van der Waals surface area (Å²) in [6.45, 7) is -0.541. The van der Waals surface area contributed by atoms with Gasteiger partial charge in [0.25, 0.3) is 11.8 Å². The van der Waals surface area contributed by atoms with E-state index in [-0.39, 0.29) is 13.0 Å². The van der Waals surface area contributed by atoms with Crippen molar-refractivity contribution in [1.82, 2.24) is 10.4 Å². The molecule has 3 amide bonds. The van der Waals surface area contributed by atoms with Gasteiger partial charge in [0.15, 0.2) is 6.61 Å². The number of hydrogen-bond acceptors (Lipinski definition) is 5. The smallest absolute Gasteiger partial charge is 0.311 e. The van der Waals surface area contributed by atoms with Crippen molar-refractivity contribution >= 4 is 41.0 Å². The van der Waals surface area contributed by atoms with E-state index in [2.05, 4.69) is 10.7 Å². The van der Waals surface area contributed by atoms with Gasteiger partial charge in [0.1, 0.15) is 0 Å². The monoisotopic (exact) mass is 505 g/mol. The zero-order valence-corrected chi connectivity index (χ0v) is 20.0. The number of anilines is 1. The van der Waals surface area contributed by atoms with Crippen LogP contribution in [-0.4, -0.2) is 41.9 Å². The molecule has 1 atom stereocenters. The van der Waals surface area contributed by atoms with Crippen molar-refractivity contribution < 1.29 is 23.9 Å². The molecular formula is C27H24ClN3O5. The van der Waals surface area contributed by atoms with Gasteiger partial charge in [0.2, 0.25) is 5.91 Å². The Morgan fingerprint density at radius 2 is 1.50 bits per heavy atom. The van der Waals surface area contributed by atoms with Gasteiger partial charge in [-0.15, -0.1) is 0 Å². The molecule has 3 aromatic rings. The quantitative estimate of drug-likeness (QED) is 0.456. The van der Waals surface area contributed by atoms with Crippen LogP contribution in [0.2, 0.25) is 5.02 Å². The van der Waals surface area contributed by atoms with E-state index in [1.165, 1.54) is 0 Å². The molecule has 0 saturated carbocycles. The Morgan fingerprint density at radius 1 is 0.917 bits per heavy atom. The van der Waals surface area contributed by atoms with E-state index in [1.807, 2.05) is 60.7 Å². The molecule has 1 fully saturated rings. The zero-order valence-electron chi connectivity index (χ0n) is 19.2. The van der Waals surface area contributed by atoms with Gasteiger partial charge in [0, 0.05) is 17.1 Å². The minimum atomic E-state index is -0.798. The van der Waals surface area contributed by atoms with Gasteiger partial charge in [-0.05, 0) is 35.4 Å². The van der Waals surface area contributed by atoms with Crippen LogP contribution in [0.15, 0.2) is 84.9 Å². The first-order valence-electron chi connectivity index (χ1n) is 11.3. The molecule has 1 aliphatic rings. The van der Waals surface area contributed by atoms with Gasteiger partial charge in [-0.2, -0.15) is 0 Å². The molecule has 8 nitrogen and oxygen atoms in total. The van der Waals surface area contributed by atoms with E-state index in [1.54, 1.807) is 24.3 Å². The number of carbonyl (C=O) groups is 4. The lowest BCUT2D eigenvalue weighted by molar-refractivity contribution is -0.151. The normalized spacial score (nSPS) is 15.0. The molecule has 0 aliphatic carbocycles. The second-order valence-corrected chi connectivity index (χ2v) is 8.74. The van der Waals surface area contributed by atoms with E-state index in [9.17, 15) is 19.2 Å². The summed E-state index contributed by atoms with van der Waals surface area (Å²) in [6, 6.07) is 25.0. The summed E-state index contributed by atoms with van der Waals surface area (Å²) in [5, 5.41) is 4.26. The lowest BCUT2D eigenvalue weighted by Crippen LogP contribution is -2.45. The van der Waals surface area contributed by atoms with Crippen molar-refractivity contribution in [3.8, 4) is 0 Å².